The molecule has 0 aliphatic heterocycles. The molecule has 0 fully saturated rings. The Balaban J connectivity index is 0.000000160. The molecule has 1 heteroatoms. The average molecular weight is 276 g/mol. The second kappa shape index (κ2) is 5.25. The van der Waals surface area contributed by atoms with E-state index in [0.717, 1.165) is 0 Å². The highest BCUT2D eigenvalue weighted by Gasteiger charge is 2.36. The second-order valence-electron chi connectivity index (χ2n) is 6.16. The van der Waals surface area contributed by atoms with Gasteiger partial charge in [0.25, 0.3) is 0 Å². The summed E-state index contributed by atoms with van der Waals surface area (Å²) in [6.45, 7) is 4.67. The molecular weight excluding hydrogens is 256 g/mol. The van der Waals surface area contributed by atoms with Crippen molar-refractivity contribution in [3.8, 4) is 5.75 Å². The fourth-order valence-corrected chi connectivity index (χ4v) is 3.06. The number of rotatable bonds is 0. The summed E-state index contributed by atoms with van der Waals surface area (Å²) in [6, 6.07) is 17.4. The summed E-state index contributed by atoms with van der Waals surface area (Å²) < 4.78 is 0. The van der Waals surface area contributed by atoms with Gasteiger partial charge in [0.1, 0.15) is 5.75 Å². The molecule has 0 saturated heterocycles. The number of hydrogen-bond donors (Lipinski definition) is 1. The normalized spacial score (nSPS) is 17.0. The molecule has 0 spiro atoms. The highest BCUT2D eigenvalue weighted by Crippen LogP contribution is 2.54. The molecule has 2 aliphatic rings. The van der Waals surface area contributed by atoms with Crippen LogP contribution in [0.2, 0.25) is 0 Å². The van der Waals surface area contributed by atoms with Gasteiger partial charge in [0.05, 0.1) is 0 Å². The molecule has 4 rings (SSSR count). The average Bonchev–Trinajstić information content (AvgIpc) is 2.45. The lowest BCUT2D eigenvalue weighted by molar-refractivity contribution is 0.475. The van der Waals surface area contributed by atoms with E-state index in [9.17, 15) is 0 Å². The second-order valence-corrected chi connectivity index (χ2v) is 6.16. The Labute approximate surface area is 126 Å². The molecule has 2 aromatic rings. The number of fused-ring (bicyclic) bond motifs is 3. The van der Waals surface area contributed by atoms with Crippen LogP contribution in [0.3, 0.4) is 0 Å². The smallest absolute Gasteiger partial charge is 0.115 e. The van der Waals surface area contributed by atoms with Crippen LogP contribution in [0.1, 0.15) is 31.4 Å². The first kappa shape index (κ1) is 13.7. The summed E-state index contributed by atoms with van der Waals surface area (Å²) in [7, 11) is 0. The third kappa shape index (κ3) is 2.52. The van der Waals surface area contributed by atoms with Crippen LogP contribution < -0.4 is 0 Å². The summed E-state index contributed by atoms with van der Waals surface area (Å²) in [5.74, 6) is 0.322. The Morgan fingerprint density at radius 1 is 0.857 bits per heavy atom. The van der Waals surface area contributed by atoms with E-state index in [1.54, 1.807) is 29.8 Å². The first-order valence-corrected chi connectivity index (χ1v) is 7.35. The lowest BCUT2D eigenvalue weighted by Gasteiger charge is -2.39. The number of allylic oxidation sites excluding steroid dienone is 4. The number of aromatic hydroxyl groups is 1. The first-order chi connectivity index (χ1) is 10.1. The van der Waals surface area contributed by atoms with E-state index in [1.165, 1.54) is 23.1 Å². The number of phenolic OH excluding ortho intramolecular Hbond substituents is 1. The van der Waals surface area contributed by atoms with E-state index in [2.05, 4.69) is 50.3 Å². The van der Waals surface area contributed by atoms with Crippen LogP contribution in [0.25, 0.3) is 11.1 Å². The molecular formula is C20H20O. The van der Waals surface area contributed by atoms with Gasteiger partial charge in [-0.05, 0) is 46.2 Å². The number of phenols is 1. The van der Waals surface area contributed by atoms with Crippen molar-refractivity contribution in [3.63, 3.8) is 0 Å². The standard InChI is InChI=1S/C14H14.C6H6O/c1-14(2)9-5-8-12-10-6-3-4-7-11(10)13(12)14;7-6-4-2-1-3-5-6/h3-8H,9H2,1-2H3;1-5,7H. The maximum atomic E-state index is 8.63. The number of para-hydroxylation sites is 1. The van der Waals surface area contributed by atoms with Crippen molar-refractivity contribution in [2.45, 2.75) is 20.3 Å². The molecule has 0 amide bonds. The monoisotopic (exact) mass is 276 g/mol. The number of hydrogen-bond acceptors (Lipinski definition) is 1. The molecule has 1 N–H and O–H groups in total. The zero-order chi connectivity index (χ0) is 14.9. The Kier molecular flexibility index (Phi) is 3.42. The molecule has 0 atom stereocenters. The largest absolute Gasteiger partial charge is 0.508 e. The summed E-state index contributed by atoms with van der Waals surface area (Å²) in [5.41, 5.74) is 6.27. The maximum Gasteiger partial charge on any atom is 0.115 e. The van der Waals surface area contributed by atoms with Crippen molar-refractivity contribution in [3.05, 3.63) is 77.9 Å². The van der Waals surface area contributed by atoms with Gasteiger partial charge in [-0.25, -0.2) is 0 Å². The fraction of sp³-hybridized carbons (Fsp3) is 0.200. The minimum atomic E-state index is 0.322. The molecule has 0 aromatic heterocycles. The zero-order valence-electron chi connectivity index (χ0n) is 12.5. The molecule has 21 heavy (non-hydrogen) atoms. The van der Waals surface area contributed by atoms with Crippen LogP contribution in [0.15, 0.2) is 66.7 Å². The highest BCUT2D eigenvalue weighted by molar-refractivity contribution is 6.10. The van der Waals surface area contributed by atoms with E-state index < -0.39 is 0 Å². The van der Waals surface area contributed by atoms with E-state index in [1.807, 2.05) is 6.07 Å². The van der Waals surface area contributed by atoms with Crippen molar-refractivity contribution < 1.29 is 5.11 Å². The van der Waals surface area contributed by atoms with E-state index in [-0.39, 0.29) is 0 Å². The molecule has 0 bridgehead atoms. The Hall–Kier alpha value is -2.28. The SMILES string of the molecule is CC1(C)CC=CC2=C1c1ccccc12.Oc1ccccc1. The molecule has 2 aliphatic carbocycles. The Morgan fingerprint density at radius 2 is 1.48 bits per heavy atom. The lowest BCUT2D eigenvalue weighted by Crippen LogP contribution is -2.23. The van der Waals surface area contributed by atoms with Crippen molar-refractivity contribution in [1.82, 2.24) is 0 Å². The van der Waals surface area contributed by atoms with Gasteiger partial charge >= 0.3 is 0 Å². The molecule has 0 unspecified atom stereocenters. The van der Waals surface area contributed by atoms with Crippen molar-refractivity contribution >= 4 is 11.1 Å². The molecule has 0 radical (unpaired) electrons. The third-order valence-corrected chi connectivity index (χ3v) is 4.10. The van der Waals surface area contributed by atoms with E-state index >= 15 is 0 Å². The topological polar surface area (TPSA) is 20.2 Å². The molecule has 1 nitrogen and oxygen atoms in total. The van der Waals surface area contributed by atoms with Crippen LogP contribution in [0, 0.1) is 5.41 Å². The van der Waals surface area contributed by atoms with Gasteiger partial charge in [-0.2, -0.15) is 0 Å². The van der Waals surface area contributed by atoms with Gasteiger partial charge in [-0.15, -0.1) is 0 Å². The molecule has 0 saturated carbocycles. The molecule has 106 valence electrons. The maximum absolute atomic E-state index is 8.63. The molecule has 0 heterocycles. The van der Waals surface area contributed by atoms with Crippen LogP contribution >= 0.6 is 0 Å². The predicted octanol–water partition coefficient (Wildman–Crippen LogP) is 5.29. The van der Waals surface area contributed by atoms with Gasteiger partial charge in [-0.1, -0.05) is 68.5 Å². The quantitative estimate of drug-likeness (QED) is 0.693. The van der Waals surface area contributed by atoms with Crippen molar-refractivity contribution in [1.29, 1.82) is 0 Å². The first-order valence-electron chi connectivity index (χ1n) is 7.35. The molecule has 2 aromatic carbocycles. The summed E-state index contributed by atoms with van der Waals surface area (Å²) >= 11 is 0. The summed E-state index contributed by atoms with van der Waals surface area (Å²) in [5, 5.41) is 8.63. The van der Waals surface area contributed by atoms with Crippen LogP contribution in [0.4, 0.5) is 0 Å². The van der Waals surface area contributed by atoms with E-state index in [4.69, 9.17) is 5.11 Å². The van der Waals surface area contributed by atoms with Gasteiger partial charge < -0.3 is 5.11 Å². The minimum Gasteiger partial charge on any atom is -0.508 e. The Morgan fingerprint density at radius 3 is 2.10 bits per heavy atom. The van der Waals surface area contributed by atoms with Crippen LogP contribution in [-0.4, -0.2) is 5.11 Å². The Bertz CT molecular complexity index is 706. The van der Waals surface area contributed by atoms with Crippen LogP contribution in [-0.2, 0) is 0 Å². The zero-order valence-corrected chi connectivity index (χ0v) is 12.5. The minimum absolute atomic E-state index is 0.322. The highest BCUT2D eigenvalue weighted by atomic mass is 16.3. The van der Waals surface area contributed by atoms with Crippen molar-refractivity contribution in [2.75, 3.05) is 0 Å². The third-order valence-electron chi connectivity index (χ3n) is 4.10. The fourth-order valence-electron chi connectivity index (χ4n) is 3.06. The summed E-state index contributed by atoms with van der Waals surface area (Å²) in [6.07, 6.45) is 5.75. The summed E-state index contributed by atoms with van der Waals surface area (Å²) in [4.78, 5) is 0. The lowest BCUT2D eigenvalue weighted by atomic mass is 9.64. The predicted molar refractivity (Wildman–Crippen MR) is 88.9 cm³/mol. The van der Waals surface area contributed by atoms with Gasteiger partial charge in [0.2, 0.25) is 0 Å². The van der Waals surface area contributed by atoms with Crippen molar-refractivity contribution in [2.24, 2.45) is 5.41 Å². The van der Waals surface area contributed by atoms with Gasteiger partial charge in [0.15, 0.2) is 0 Å². The van der Waals surface area contributed by atoms with E-state index in [0.29, 0.717) is 11.2 Å². The van der Waals surface area contributed by atoms with Gasteiger partial charge in [0, 0.05) is 0 Å². The van der Waals surface area contributed by atoms with Gasteiger partial charge in [-0.3, -0.25) is 0 Å². The number of benzene rings is 2. The van der Waals surface area contributed by atoms with Crippen LogP contribution in [0.5, 0.6) is 5.75 Å².